The van der Waals surface area contributed by atoms with Gasteiger partial charge in [-0.05, 0) is 23.9 Å². The molecule has 1 aliphatic rings. The molecule has 0 saturated carbocycles. The first-order chi connectivity index (χ1) is 10.6. The second-order valence-electron chi connectivity index (χ2n) is 4.80. The van der Waals surface area contributed by atoms with E-state index in [1.165, 1.54) is 16.7 Å². The standard InChI is InChI=1S/C15H18N2O2S3/c1-2-3-7-16-13(18)6-8-17-14(19)12(22-15(17)20)10-11-5-4-9-21-11/h4-5,9-10H,2-3,6-8H2,1H3,(H,16,18). The number of thiophene rings is 1. The summed E-state index contributed by atoms with van der Waals surface area (Å²) in [5, 5.41) is 4.81. The number of carbonyl (C=O) groups excluding carboxylic acids is 2. The highest BCUT2D eigenvalue weighted by atomic mass is 32.2. The molecular weight excluding hydrogens is 336 g/mol. The average Bonchev–Trinajstić information content (AvgIpc) is 3.08. The van der Waals surface area contributed by atoms with Gasteiger partial charge in [0.2, 0.25) is 5.91 Å². The fraction of sp³-hybridized carbons (Fsp3) is 0.400. The normalized spacial score (nSPS) is 16.6. The van der Waals surface area contributed by atoms with Gasteiger partial charge in [-0.2, -0.15) is 0 Å². The summed E-state index contributed by atoms with van der Waals surface area (Å²) in [4.78, 5) is 27.2. The smallest absolute Gasteiger partial charge is 0.266 e. The molecule has 0 aliphatic carbocycles. The minimum absolute atomic E-state index is 0.0373. The van der Waals surface area contributed by atoms with Gasteiger partial charge >= 0.3 is 0 Å². The fourth-order valence-corrected chi connectivity index (χ4v) is 3.93. The molecule has 1 aromatic rings. The van der Waals surface area contributed by atoms with E-state index in [4.69, 9.17) is 12.2 Å². The molecular formula is C15H18N2O2S3. The van der Waals surface area contributed by atoms with E-state index in [1.54, 1.807) is 11.3 Å². The van der Waals surface area contributed by atoms with Gasteiger partial charge in [-0.1, -0.05) is 43.4 Å². The zero-order chi connectivity index (χ0) is 15.9. The zero-order valence-electron chi connectivity index (χ0n) is 12.3. The molecule has 1 N–H and O–H groups in total. The number of nitrogens with zero attached hydrogens (tertiary/aromatic N) is 1. The summed E-state index contributed by atoms with van der Waals surface area (Å²) in [7, 11) is 0. The Labute approximate surface area is 144 Å². The number of thioether (sulfide) groups is 1. The number of carbonyl (C=O) groups is 2. The van der Waals surface area contributed by atoms with Crippen LogP contribution in [0.3, 0.4) is 0 Å². The lowest BCUT2D eigenvalue weighted by molar-refractivity contribution is -0.123. The molecule has 118 valence electrons. The van der Waals surface area contributed by atoms with Crippen molar-refractivity contribution in [3.05, 3.63) is 27.3 Å². The first-order valence-electron chi connectivity index (χ1n) is 7.17. The predicted octanol–water partition coefficient (Wildman–Crippen LogP) is 3.26. The first kappa shape index (κ1) is 17.2. The van der Waals surface area contributed by atoms with E-state index in [9.17, 15) is 9.59 Å². The second kappa shape index (κ2) is 8.45. The largest absolute Gasteiger partial charge is 0.356 e. The highest BCUT2D eigenvalue weighted by Crippen LogP contribution is 2.33. The fourth-order valence-electron chi connectivity index (χ4n) is 1.90. The Balaban J connectivity index is 1.88. The average molecular weight is 355 g/mol. The van der Waals surface area contributed by atoms with Crippen LogP contribution >= 0.6 is 35.3 Å². The van der Waals surface area contributed by atoms with Gasteiger partial charge in [0.15, 0.2) is 0 Å². The molecule has 0 unspecified atom stereocenters. The van der Waals surface area contributed by atoms with Gasteiger partial charge in [-0.3, -0.25) is 14.5 Å². The quantitative estimate of drug-likeness (QED) is 0.464. The third-order valence-electron chi connectivity index (χ3n) is 3.11. The number of thiocarbonyl (C=S) groups is 1. The number of nitrogens with one attached hydrogen (secondary N) is 1. The van der Waals surface area contributed by atoms with E-state index < -0.39 is 0 Å². The minimum atomic E-state index is -0.107. The van der Waals surface area contributed by atoms with Crippen LogP contribution in [0.4, 0.5) is 0 Å². The third kappa shape index (κ3) is 4.66. The second-order valence-corrected chi connectivity index (χ2v) is 7.46. The number of hydrogen-bond donors (Lipinski definition) is 1. The molecule has 22 heavy (non-hydrogen) atoms. The van der Waals surface area contributed by atoms with Gasteiger partial charge in [0.05, 0.1) is 4.91 Å². The molecule has 2 rings (SSSR count). The van der Waals surface area contributed by atoms with E-state index in [-0.39, 0.29) is 18.2 Å². The molecule has 0 aromatic carbocycles. The van der Waals surface area contributed by atoms with Crippen LogP contribution in [0.5, 0.6) is 0 Å². The third-order valence-corrected chi connectivity index (χ3v) is 5.30. The van der Waals surface area contributed by atoms with Crippen LogP contribution in [-0.2, 0) is 9.59 Å². The molecule has 0 bridgehead atoms. The topological polar surface area (TPSA) is 49.4 Å². The number of amides is 2. The van der Waals surface area contributed by atoms with Crippen LogP contribution in [0.25, 0.3) is 6.08 Å². The Hall–Kier alpha value is -1.18. The van der Waals surface area contributed by atoms with Crippen molar-refractivity contribution >= 4 is 57.5 Å². The van der Waals surface area contributed by atoms with Crippen molar-refractivity contribution in [3.8, 4) is 0 Å². The molecule has 2 amide bonds. The van der Waals surface area contributed by atoms with Crippen molar-refractivity contribution in [2.24, 2.45) is 0 Å². The summed E-state index contributed by atoms with van der Waals surface area (Å²) in [6, 6.07) is 3.90. The van der Waals surface area contributed by atoms with Crippen molar-refractivity contribution in [2.75, 3.05) is 13.1 Å². The van der Waals surface area contributed by atoms with Gasteiger partial charge in [0.1, 0.15) is 4.32 Å². The number of hydrogen-bond acceptors (Lipinski definition) is 5. The number of rotatable bonds is 7. The zero-order valence-corrected chi connectivity index (χ0v) is 14.8. The molecule has 0 spiro atoms. The Morgan fingerprint density at radius 3 is 3.00 bits per heavy atom. The maximum Gasteiger partial charge on any atom is 0.266 e. The van der Waals surface area contributed by atoms with Gasteiger partial charge in [-0.25, -0.2) is 0 Å². The Morgan fingerprint density at radius 2 is 2.32 bits per heavy atom. The van der Waals surface area contributed by atoms with E-state index in [2.05, 4.69) is 12.2 Å². The van der Waals surface area contributed by atoms with Crippen LogP contribution in [0, 0.1) is 0 Å². The van der Waals surface area contributed by atoms with Gasteiger partial charge in [0.25, 0.3) is 5.91 Å². The summed E-state index contributed by atoms with van der Waals surface area (Å²) in [5.41, 5.74) is 0. The van der Waals surface area contributed by atoms with Crippen molar-refractivity contribution in [2.45, 2.75) is 26.2 Å². The van der Waals surface area contributed by atoms with Crippen LogP contribution in [0.15, 0.2) is 22.4 Å². The Morgan fingerprint density at radius 1 is 1.50 bits per heavy atom. The maximum atomic E-state index is 12.3. The summed E-state index contributed by atoms with van der Waals surface area (Å²) < 4.78 is 0.522. The molecule has 1 saturated heterocycles. The van der Waals surface area contributed by atoms with Gasteiger partial charge in [0, 0.05) is 24.4 Å². The molecule has 4 nitrogen and oxygen atoms in total. The molecule has 1 aromatic heterocycles. The summed E-state index contributed by atoms with van der Waals surface area (Å²) >= 11 is 8.12. The Bertz CT molecular complexity index is 582. The summed E-state index contributed by atoms with van der Waals surface area (Å²) in [5.74, 6) is -0.144. The highest BCUT2D eigenvalue weighted by Gasteiger charge is 2.32. The van der Waals surface area contributed by atoms with Crippen LogP contribution in [-0.4, -0.2) is 34.1 Å². The lowest BCUT2D eigenvalue weighted by Crippen LogP contribution is -2.33. The summed E-state index contributed by atoms with van der Waals surface area (Å²) in [6.07, 6.45) is 4.15. The SMILES string of the molecule is CCCCNC(=O)CCN1C(=O)C(=Cc2cccs2)SC1=S. The van der Waals surface area contributed by atoms with Crippen molar-refractivity contribution in [1.29, 1.82) is 0 Å². The van der Waals surface area contributed by atoms with Crippen molar-refractivity contribution in [1.82, 2.24) is 10.2 Å². The van der Waals surface area contributed by atoms with E-state index >= 15 is 0 Å². The number of unbranched alkanes of at least 4 members (excludes halogenated alkanes) is 1. The van der Waals surface area contributed by atoms with E-state index in [1.807, 2.05) is 23.6 Å². The van der Waals surface area contributed by atoms with E-state index in [0.29, 0.717) is 22.3 Å². The molecule has 7 heteroatoms. The summed E-state index contributed by atoms with van der Waals surface area (Å²) in [6.45, 7) is 3.10. The van der Waals surface area contributed by atoms with E-state index in [0.717, 1.165) is 17.7 Å². The minimum Gasteiger partial charge on any atom is -0.356 e. The van der Waals surface area contributed by atoms with Crippen molar-refractivity contribution in [3.63, 3.8) is 0 Å². The van der Waals surface area contributed by atoms with Crippen LogP contribution < -0.4 is 5.32 Å². The van der Waals surface area contributed by atoms with Crippen LogP contribution in [0.2, 0.25) is 0 Å². The van der Waals surface area contributed by atoms with Gasteiger partial charge < -0.3 is 5.32 Å². The molecule has 0 radical (unpaired) electrons. The van der Waals surface area contributed by atoms with Crippen LogP contribution in [0.1, 0.15) is 31.1 Å². The van der Waals surface area contributed by atoms with Gasteiger partial charge in [-0.15, -0.1) is 11.3 Å². The monoisotopic (exact) mass is 354 g/mol. The molecule has 0 atom stereocenters. The molecule has 1 fully saturated rings. The lowest BCUT2D eigenvalue weighted by atomic mass is 10.3. The molecule has 2 heterocycles. The Kier molecular flexibility index (Phi) is 6.60. The predicted molar refractivity (Wildman–Crippen MR) is 96.7 cm³/mol. The van der Waals surface area contributed by atoms with Crippen molar-refractivity contribution < 1.29 is 9.59 Å². The molecule has 1 aliphatic heterocycles. The highest BCUT2D eigenvalue weighted by molar-refractivity contribution is 8.26. The lowest BCUT2D eigenvalue weighted by Gasteiger charge is -2.14. The first-order valence-corrected chi connectivity index (χ1v) is 9.28. The maximum absolute atomic E-state index is 12.3.